The van der Waals surface area contributed by atoms with Gasteiger partial charge in [-0.15, -0.1) is 0 Å². The predicted octanol–water partition coefficient (Wildman–Crippen LogP) is 4.36. The molecule has 11 heteroatoms. The minimum atomic E-state index is -5.16. The molecular formula is C16H11F6NO3S. The van der Waals surface area contributed by atoms with Crippen LogP contribution in [-0.4, -0.2) is 13.5 Å². The first-order valence-corrected chi connectivity index (χ1v) is 8.83. The van der Waals surface area contributed by atoms with Crippen molar-refractivity contribution in [1.82, 2.24) is 5.06 Å². The second kappa shape index (κ2) is 6.50. The molecule has 0 aliphatic carbocycles. The Bertz CT molecular complexity index is 912. The van der Waals surface area contributed by atoms with Crippen molar-refractivity contribution in [3.05, 3.63) is 64.7 Å². The van der Waals surface area contributed by atoms with Crippen molar-refractivity contribution in [3.8, 4) is 0 Å². The summed E-state index contributed by atoms with van der Waals surface area (Å²) in [6, 6.07) is 6.92. The van der Waals surface area contributed by atoms with E-state index >= 15 is 0 Å². The second-order valence-corrected chi connectivity index (χ2v) is 7.37. The summed E-state index contributed by atoms with van der Waals surface area (Å²) in [5.41, 5.74) is -1.98. The van der Waals surface area contributed by atoms with Crippen molar-refractivity contribution < 1.29 is 39.0 Å². The van der Waals surface area contributed by atoms with Crippen molar-refractivity contribution >= 4 is 10.1 Å². The average Bonchev–Trinajstić information content (AvgIpc) is 2.94. The molecule has 146 valence electrons. The molecule has 0 amide bonds. The number of hydrogen-bond donors (Lipinski definition) is 0. The highest BCUT2D eigenvalue weighted by molar-refractivity contribution is 7.86. The molecule has 27 heavy (non-hydrogen) atoms. The largest absolute Gasteiger partial charge is 0.416 e. The number of halogens is 6. The van der Waals surface area contributed by atoms with Gasteiger partial charge in [-0.2, -0.15) is 44.1 Å². The highest BCUT2D eigenvalue weighted by Gasteiger charge is 2.39. The average molecular weight is 411 g/mol. The quantitative estimate of drug-likeness (QED) is 0.705. The van der Waals surface area contributed by atoms with E-state index < -0.39 is 38.5 Å². The minimum absolute atomic E-state index is 0.0283. The lowest BCUT2D eigenvalue weighted by atomic mass is 10.1. The fraction of sp³-hybridized carbons (Fsp3) is 0.250. The molecule has 1 aliphatic rings. The molecule has 0 fully saturated rings. The van der Waals surface area contributed by atoms with E-state index in [1.165, 1.54) is 0 Å². The van der Waals surface area contributed by atoms with Gasteiger partial charge < -0.3 is 0 Å². The zero-order valence-corrected chi connectivity index (χ0v) is 14.1. The summed E-state index contributed by atoms with van der Waals surface area (Å²) < 4.78 is 107. The predicted molar refractivity (Wildman–Crippen MR) is 80.4 cm³/mol. The first kappa shape index (κ1) is 19.6. The molecule has 0 unspecified atom stereocenters. The molecule has 2 aromatic rings. The minimum Gasteiger partial charge on any atom is -0.192 e. The van der Waals surface area contributed by atoms with E-state index in [1.807, 2.05) is 0 Å². The fourth-order valence-electron chi connectivity index (χ4n) is 2.61. The molecule has 4 nitrogen and oxygen atoms in total. The van der Waals surface area contributed by atoms with E-state index in [2.05, 4.69) is 0 Å². The molecule has 1 aliphatic heterocycles. The van der Waals surface area contributed by atoms with Crippen molar-refractivity contribution in [2.45, 2.75) is 30.3 Å². The maximum atomic E-state index is 12.9. The molecule has 2 aromatic carbocycles. The Morgan fingerprint density at radius 1 is 0.815 bits per heavy atom. The van der Waals surface area contributed by atoms with Crippen LogP contribution in [-0.2, 0) is 39.8 Å². The summed E-state index contributed by atoms with van der Waals surface area (Å²) in [7, 11) is -4.90. The highest BCUT2D eigenvalue weighted by atomic mass is 32.2. The summed E-state index contributed by atoms with van der Waals surface area (Å²) in [6.07, 6.45) is -10.3. The molecule has 0 atom stereocenters. The summed E-state index contributed by atoms with van der Waals surface area (Å²) in [5, 5.41) is 0.952. The Hall–Kier alpha value is -2.11. The number of hydrogen-bond acceptors (Lipinski definition) is 4. The van der Waals surface area contributed by atoms with Gasteiger partial charge in [0, 0.05) is 0 Å². The zero-order valence-electron chi connectivity index (χ0n) is 13.3. The van der Waals surface area contributed by atoms with E-state index in [9.17, 15) is 34.8 Å². The van der Waals surface area contributed by atoms with Crippen LogP contribution in [0.4, 0.5) is 26.3 Å². The van der Waals surface area contributed by atoms with Crippen LogP contribution < -0.4 is 0 Å². The van der Waals surface area contributed by atoms with Crippen LogP contribution in [0.3, 0.4) is 0 Å². The molecule has 0 saturated heterocycles. The van der Waals surface area contributed by atoms with E-state index in [4.69, 9.17) is 4.28 Å². The van der Waals surface area contributed by atoms with Crippen LogP contribution in [0.25, 0.3) is 0 Å². The summed E-state index contributed by atoms with van der Waals surface area (Å²) in [5.74, 6) is 0. The highest BCUT2D eigenvalue weighted by Crippen LogP contribution is 2.38. The van der Waals surface area contributed by atoms with E-state index in [-0.39, 0.29) is 31.3 Å². The van der Waals surface area contributed by atoms with Gasteiger partial charge in [0.1, 0.15) is 0 Å². The Labute approximate surface area is 150 Å². The van der Waals surface area contributed by atoms with Gasteiger partial charge in [0.05, 0.1) is 29.1 Å². The first-order valence-electron chi connectivity index (χ1n) is 7.42. The van der Waals surface area contributed by atoms with E-state index in [1.54, 1.807) is 24.3 Å². The lowest BCUT2D eigenvalue weighted by Crippen LogP contribution is -2.23. The van der Waals surface area contributed by atoms with Gasteiger partial charge in [0.15, 0.2) is 0 Å². The lowest BCUT2D eigenvalue weighted by molar-refractivity contribution is -0.143. The third-order valence-corrected chi connectivity index (χ3v) is 5.09. The molecule has 3 rings (SSSR count). The van der Waals surface area contributed by atoms with Crippen molar-refractivity contribution in [2.24, 2.45) is 0 Å². The maximum absolute atomic E-state index is 12.9. The maximum Gasteiger partial charge on any atom is 0.416 e. The van der Waals surface area contributed by atoms with Gasteiger partial charge in [0.25, 0.3) is 0 Å². The van der Waals surface area contributed by atoms with E-state index in [0.29, 0.717) is 0 Å². The molecule has 1 heterocycles. The molecule has 0 aromatic heterocycles. The van der Waals surface area contributed by atoms with Crippen molar-refractivity contribution in [2.75, 3.05) is 0 Å². The van der Waals surface area contributed by atoms with Crippen LogP contribution in [0.2, 0.25) is 0 Å². The van der Waals surface area contributed by atoms with Crippen LogP contribution in [0.5, 0.6) is 0 Å². The van der Waals surface area contributed by atoms with Gasteiger partial charge in [-0.1, -0.05) is 24.3 Å². The Balaban J connectivity index is 1.94. The van der Waals surface area contributed by atoms with Crippen LogP contribution in [0.15, 0.2) is 47.4 Å². The number of nitrogens with zero attached hydrogens (tertiary/aromatic N) is 1. The number of hydroxylamine groups is 2. The Kier molecular flexibility index (Phi) is 4.73. The second-order valence-electron chi connectivity index (χ2n) is 5.84. The Morgan fingerprint density at radius 3 is 1.67 bits per heavy atom. The van der Waals surface area contributed by atoms with Gasteiger partial charge >= 0.3 is 22.5 Å². The summed E-state index contributed by atoms with van der Waals surface area (Å²) >= 11 is 0. The van der Waals surface area contributed by atoms with Gasteiger partial charge in [-0.05, 0) is 29.3 Å². The van der Waals surface area contributed by atoms with Crippen LogP contribution in [0.1, 0.15) is 22.3 Å². The van der Waals surface area contributed by atoms with E-state index in [0.717, 1.165) is 16.2 Å². The van der Waals surface area contributed by atoms with Crippen LogP contribution in [0, 0.1) is 0 Å². The topological polar surface area (TPSA) is 46.6 Å². The number of benzene rings is 2. The number of rotatable bonds is 3. The first-order chi connectivity index (χ1) is 12.4. The smallest absolute Gasteiger partial charge is 0.192 e. The fourth-order valence-corrected chi connectivity index (χ4v) is 3.62. The molecule has 0 radical (unpaired) electrons. The molecular weight excluding hydrogens is 400 g/mol. The molecule has 0 bridgehead atoms. The van der Waals surface area contributed by atoms with Crippen molar-refractivity contribution in [1.29, 1.82) is 0 Å². The van der Waals surface area contributed by atoms with Crippen LogP contribution >= 0.6 is 0 Å². The summed E-state index contributed by atoms with van der Waals surface area (Å²) in [4.78, 5) is -1.22. The van der Waals surface area contributed by atoms with Gasteiger partial charge in [-0.25, -0.2) is 0 Å². The van der Waals surface area contributed by atoms with Gasteiger partial charge in [-0.3, -0.25) is 0 Å². The molecule has 0 N–H and O–H groups in total. The Morgan fingerprint density at radius 2 is 1.26 bits per heavy atom. The van der Waals surface area contributed by atoms with Gasteiger partial charge in [0.2, 0.25) is 0 Å². The monoisotopic (exact) mass is 411 g/mol. The molecule has 0 saturated carbocycles. The number of alkyl halides is 6. The standard InChI is InChI=1S/C16H11F6NO3S/c17-15(18,19)12-5-13(16(20,21)22)7-14(6-12)27(24,25)26-23-8-10-3-1-2-4-11(10)9-23/h1-7H,8-9H2. The van der Waals surface area contributed by atoms with Crippen molar-refractivity contribution in [3.63, 3.8) is 0 Å². The summed E-state index contributed by atoms with van der Waals surface area (Å²) in [6.45, 7) is 0.0565. The third kappa shape index (κ3) is 4.25. The lowest BCUT2D eigenvalue weighted by Gasteiger charge is -2.17. The zero-order chi connectivity index (χ0) is 20.0. The SMILES string of the molecule is O=S(=O)(ON1Cc2ccccc2C1)c1cc(C(F)(F)F)cc(C(F)(F)F)c1. The number of fused-ring (bicyclic) bond motifs is 1. The molecule has 0 spiro atoms. The third-order valence-electron chi connectivity index (χ3n) is 3.87. The normalized spacial score (nSPS) is 15.8.